The SMILES string of the molecule is CCC(=O)CC.CCC(C)=O.CCNCC. The first-order valence-corrected chi connectivity index (χ1v) is 6.21. The Labute approximate surface area is 101 Å². The molecule has 0 bridgehead atoms. The van der Waals surface area contributed by atoms with Crippen molar-refractivity contribution in [1.29, 1.82) is 0 Å². The number of nitrogens with one attached hydrogen (secondary N) is 1. The van der Waals surface area contributed by atoms with E-state index < -0.39 is 0 Å². The molecule has 0 aromatic rings. The van der Waals surface area contributed by atoms with E-state index in [1.807, 2.05) is 20.8 Å². The number of rotatable bonds is 5. The second-order valence-corrected chi connectivity index (χ2v) is 3.26. The largest absolute Gasteiger partial charge is 0.317 e. The zero-order chi connectivity index (χ0) is 13.4. The van der Waals surface area contributed by atoms with E-state index >= 15 is 0 Å². The molecule has 0 radical (unpaired) electrons. The summed E-state index contributed by atoms with van der Waals surface area (Å²) in [4.78, 5) is 20.0. The summed E-state index contributed by atoms with van der Waals surface area (Å²) in [6.07, 6.45) is 2.05. The van der Waals surface area contributed by atoms with Crippen molar-refractivity contribution < 1.29 is 9.59 Å². The van der Waals surface area contributed by atoms with Gasteiger partial charge in [-0.3, -0.25) is 4.79 Å². The van der Waals surface area contributed by atoms with E-state index in [1.54, 1.807) is 6.92 Å². The summed E-state index contributed by atoms with van der Waals surface area (Å²) in [5, 5.41) is 3.11. The molecule has 0 unspecified atom stereocenters. The van der Waals surface area contributed by atoms with Gasteiger partial charge in [0.2, 0.25) is 0 Å². The molecule has 0 saturated carbocycles. The fraction of sp³-hybridized carbons (Fsp3) is 0.846. The van der Waals surface area contributed by atoms with Gasteiger partial charge in [-0.2, -0.15) is 0 Å². The van der Waals surface area contributed by atoms with Crippen LogP contribution < -0.4 is 5.32 Å². The van der Waals surface area contributed by atoms with Crippen LogP contribution in [0.2, 0.25) is 0 Å². The van der Waals surface area contributed by atoms with Gasteiger partial charge in [0.1, 0.15) is 11.6 Å². The van der Waals surface area contributed by atoms with E-state index in [0.29, 0.717) is 25.0 Å². The Balaban J connectivity index is -0.000000160. The fourth-order valence-electron chi connectivity index (χ4n) is 0.500. The molecular weight excluding hydrogens is 202 g/mol. The first-order chi connectivity index (χ1) is 7.49. The molecular formula is C13H29NO2. The van der Waals surface area contributed by atoms with Crippen LogP contribution in [0.5, 0.6) is 0 Å². The van der Waals surface area contributed by atoms with Crippen molar-refractivity contribution in [2.45, 2.75) is 60.8 Å². The molecule has 0 aliphatic rings. The van der Waals surface area contributed by atoms with Crippen molar-refractivity contribution in [2.24, 2.45) is 0 Å². The molecule has 0 aliphatic heterocycles. The lowest BCUT2D eigenvalue weighted by Gasteiger charge is -1.86. The van der Waals surface area contributed by atoms with Crippen molar-refractivity contribution in [3.8, 4) is 0 Å². The highest BCUT2D eigenvalue weighted by Crippen LogP contribution is 1.83. The molecule has 0 spiro atoms. The Hall–Kier alpha value is -0.700. The maximum absolute atomic E-state index is 10.2. The fourth-order valence-corrected chi connectivity index (χ4v) is 0.500. The molecule has 0 aromatic carbocycles. The summed E-state index contributed by atoms with van der Waals surface area (Å²) in [6, 6.07) is 0. The van der Waals surface area contributed by atoms with E-state index in [-0.39, 0.29) is 5.78 Å². The van der Waals surface area contributed by atoms with E-state index in [9.17, 15) is 9.59 Å². The summed E-state index contributed by atoms with van der Waals surface area (Å²) in [5.41, 5.74) is 0. The van der Waals surface area contributed by atoms with E-state index in [2.05, 4.69) is 19.2 Å². The third-order valence-corrected chi connectivity index (χ3v) is 1.79. The van der Waals surface area contributed by atoms with Crippen molar-refractivity contribution in [1.82, 2.24) is 5.32 Å². The Morgan fingerprint density at radius 1 is 0.812 bits per heavy atom. The second kappa shape index (κ2) is 19.8. The Morgan fingerprint density at radius 2 is 1.12 bits per heavy atom. The van der Waals surface area contributed by atoms with Gasteiger partial charge < -0.3 is 10.1 Å². The first kappa shape index (κ1) is 20.7. The maximum atomic E-state index is 10.2. The Kier molecular flexibility index (Phi) is 25.6. The lowest BCUT2D eigenvalue weighted by atomic mass is 10.3. The average Bonchev–Trinajstić information content (AvgIpc) is 2.30. The third-order valence-electron chi connectivity index (χ3n) is 1.79. The van der Waals surface area contributed by atoms with E-state index in [4.69, 9.17) is 0 Å². The number of hydrogen-bond acceptors (Lipinski definition) is 3. The molecule has 0 rings (SSSR count). The summed E-state index contributed by atoms with van der Waals surface area (Å²) < 4.78 is 0. The van der Waals surface area contributed by atoms with Crippen LogP contribution in [-0.2, 0) is 9.59 Å². The summed E-state index contributed by atoms with van der Waals surface area (Å²) in [5.74, 6) is 0.597. The van der Waals surface area contributed by atoms with Gasteiger partial charge in [-0.05, 0) is 20.0 Å². The smallest absolute Gasteiger partial charge is 0.132 e. The van der Waals surface area contributed by atoms with Crippen LogP contribution in [0.4, 0.5) is 0 Å². The summed E-state index contributed by atoms with van der Waals surface area (Å²) in [6.45, 7) is 13.6. The van der Waals surface area contributed by atoms with Gasteiger partial charge in [0, 0.05) is 19.3 Å². The summed E-state index contributed by atoms with van der Waals surface area (Å²) >= 11 is 0. The molecule has 1 N–H and O–H groups in total. The highest BCUT2D eigenvalue weighted by molar-refractivity contribution is 5.77. The molecule has 3 nitrogen and oxygen atoms in total. The minimum absolute atomic E-state index is 0.255. The zero-order valence-electron chi connectivity index (χ0n) is 11.9. The van der Waals surface area contributed by atoms with E-state index in [1.165, 1.54) is 0 Å². The number of carbonyl (C=O) groups is 2. The van der Waals surface area contributed by atoms with Gasteiger partial charge in [-0.25, -0.2) is 0 Å². The van der Waals surface area contributed by atoms with Crippen molar-refractivity contribution in [3.05, 3.63) is 0 Å². The second-order valence-electron chi connectivity index (χ2n) is 3.26. The predicted molar refractivity (Wildman–Crippen MR) is 70.8 cm³/mol. The molecule has 0 aliphatic carbocycles. The van der Waals surface area contributed by atoms with Gasteiger partial charge in [0.25, 0.3) is 0 Å². The monoisotopic (exact) mass is 231 g/mol. The van der Waals surface area contributed by atoms with Crippen LogP contribution >= 0.6 is 0 Å². The Bertz CT molecular complexity index is 148. The average molecular weight is 231 g/mol. The minimum atomic E-state index is 0.255. The van der Waals surface area contributed by atoms with Crippen molar-refractivity contribution >= 4 is 11.6 Å². The maximum Gasteiger partial charge on any atom is 0.132 e. The topological polar surface area (TPSA) is 46.2 Å². The Morgan fingerprint density at radius 3 is 1.12 bits per heavy atom. The number of Topliss-reactive ketones (excluding diaryl/α,β-unsaturated/α-hetero) is 2. The zero-order valence-corrected chi connectivity index (χ0v) is 11.9. The lowest BCUT2D eigenvalue weighted by Crippen LogP contribution is -2.09. The van der Waals surface area contributed by atoms with Crippen LogP contribution in [0, 0.1) is 0 Å². The first-order valence-electron chi connectivity index (χ1n) is 6.21. The van der Waals surface area contributed by atoms with Gasteiger partial charge >= 0.3 is 0 Å². The molecule has 0 aromatic heterocycles. The lowest BCUT2D eigenvalue weighted by molar-refractivity contribution is -0.118. The van der Waals surface area contributed by atoms with Crippen molar-refractivity contribution in [3.63, 3.8) is 0 Å². The molecule has 3 heteroatoms. The van der Waals surface area contributed by atoms with Crippen LogP contribution in [0.15, 0.2) is 0 Å². The van der Waals surface area contributed by atoms with Crippen LogP contribution in [-0.4, -0.2) is 24.7 Å². The molecule has 0 fully saturated rings. The predicted octanol–water partition coefficient (Wildman–Crippen LogP) is 2.98. The quantitative estimate of drug-likeness (QED) is 0.791. The van der Waals surface area contributed by atoms with Gasteiger partial charge in [0.05, 0.1) is 0 Å². The molecule has 0 amide bonds. The highest BCUT2D eigenvalue weighted by atomic mass is 16.1. The number of carbonyl (C=O) groups excluding carboxylic acids is 2. The molecule has 0 saturated heterocycles. The number of ketones is 2. The van der Waals surface area contributed by atoms with Gasteiger partial charge in [-0.1, -0.05) is 34.6 Å². The van der Waals surface area contributed by atoms with Gasteiger partial charge in [0.15, 0.2) is 0 Å². The minimum Gasteiger partial charge on any atom is -0.317 e. The standard InChI is InChI=1S/C5H10O.C4H11N.C4H8O/c1-3-5(6)4-2;1-3-5-4-2;1-3-4(2)5/h3-4H2,1-2H3;5H,3-4H2,1-2H3;3H2,1-2H3. The normalized spacial score (nSPS) is 8.12. The van der Waals surface area contributed by atoms with E-state index in [0.717, 1.165) is 13.1 Å². The van der Waals surface area contributed by atoms with Crippen LogP contribution in [0.3, 0.4) is 0 Å². The summed E-state index contributed by atoms with van der Waals surface area (Å²) in [7, 11) is 0. The highest BCUT2D eigenvalue weighted by Gasteiger charge is 1.86. The molecule has 0 atom stereocenters. The third kappa shape index (κ3) is 37.8. The molecule has 0 heterocycles. The molecule has 98 valence electrons. The van der Waals surface area contributed by atoms with Crippen molar-refractivity contribution in [2.75, 3.05) is 13.1 Å². The van der Waals surface area contributed by atoms with Crippen LogP contribution in [0.1, 0.15) is 60.8 Å². The molecule has 16 heavy (non-hydrogen) atoms. The van der Waals surface area contributed by atoms with Crippen LogP contribution in [0.25, 0.3) is 0 Å². The van der Waals surface area contributed by atoms with Gasteiger partial charge in [-0.15, -0.1) is 0 Å². The number of hydrogen-bond donors (Lipinski definition) is 1.